The molecule has 6 nitrogen and oxygen atoms in total. The first-order valence-electron chi connectivity index (χ1n) is 10.1. The van der Waals surface area contributed by atoms with Crippen molar-refractivity contribution in [1.82, 2.24) is 15.5 Å². The first kappa shape index (κ1) is 20.8. The van der Waals surface area contributed by atoms with Gasteiger partial charge in [-0.15, -0.1) is 0 Å². The SMILES string of the molecule is CN=C(NCC(=O)NCc1ccc(OC)cc1)N1CCSC2(CCCCC2)C1. The van der Waals surface area contributed by atoms with Crippen LogP contribution in [-0.4, -0.2) is 61.1 Å². The van der Waals surface area contributed by atoms with Crippen molar-refractivity contribution in [3.63, 3.8) is 0 Å². The van der Waals surface area contributed by atoms with E-state index in [-0.39, 0.29) is 12.5 Å². The minimum atomic E-state index is -0.0317. The van der Waals surface area contributed by atoms with Crippen molar-refractivity contribution < 1.29 is 9.53 Å². The summed E-state index contributed by atoms with van der Waals surface area (Å²) in [7, 11) is 3.44. The topological polar surface area (TPSA) is 66.0 Å². The number of ether oxygens (including phenoxy) is 1. The number of rotatable bonds is 5. The summed E-state index contributed by atoms with van der Waals surface area (Å²) >= 11 is 2.14. The van der Waals surface area contributed by atoms with Crippen molar-refractivity contribution in [3.05, 3.63) is 29.8 Å². The van der Waals surface area contributed by atoms with Crippen LogP contribution in [0.5, 0.6) is 5.75 Å². The van der Waals surface area contributed by atoms with Gasteiger partial charge in [-0.1, -0.05) is 31.4 Å². The van der Waals surface area contributed by atoms with Gasteiger partial charge >= 0.3 is 0 Å². The van der Waals surface area contributed by atoms with Crippen LogP contribution in [0.1, 0.15) is 37.7 Å². The highest BCUT2D eigenvalue weighted by molar-refractivity contribution is 8.00. The van der Waals surface area contributed by atoms with E-state index in [0.29, 0.717) is 11.3 Å². The van der Waals surface area contributed by atoms with Gasteiger partial charge in [-0.05, 0) is 30.5 Å². The number of nitrogens with zero attached hydrogens (tertiary/aromatic N) is 2. The van der Waals surface area contributed by atoms with E-state index in [9.17, 15) is 4.79 Å². The summed E-state index contributed by atoms with van der Waals surface area (Å²) in [6.07, 6.45) is 6.63. The Morgan fingerprint density at radius 3 is 2.64 bits per heavy atom. The molecular formula is C21H32N4O2S. The third-order valence-electron chi connectivity index (χ3n) is 5.58. The molecule has 1 saturated carbocycles. The first-order chi connectivity index (χ1) is 13.6. The molecule has 0 unspecified atom stereocenters. The minimum absolute atomic E-state index is 0.0317. The fourth-order valence-corrected chi connectivity index (χ4v) is 5.59. The number of thioether (sulfide) groups is 1. The van der Waals surface area contributed by atoms with Crippen LogP contribution in [0, 0.1) is 0 Å². The molecule has 1 spiro atoms. The number of hydrogen-bond donors (Lipinski definition) is 2. The number of amides is 1. The molecule has 7 heteroatoms. The number of hydrogen-bond acceptors (Lipinski definition) is 4. The number of aliphatic imine (C=N–C) groups is 1. The van der Waals surface area contributed by atoms with E-state index in [2.05, 4.69) is 32.3 Å². The third kappa shape index (κ3) is 5.56. The Kier molecular flexibility index (Phi) is 7.48. The van der Waals surface area contributed by atoms with Crippen molar-refractivity contribution >= 4 is 23.6 Å². The molecule has 1 aliphatic carbocycles. The van der Waals surface area contributed by atoms with E-state index in [1.807, 2.05) is 24.3 Å². The van der Waals surface area contributed by atoms with Gasteiger partial charge in [-0.3, -0.25) is 9.79 Å². The summed E-state index contributed by atoms with van der Waals surface area (Å²) in [5.74, 6) is 2.75. The zero-order chi connectivity index (χ0) is 19.8. The second kappa shape index (κ2) is 10.0. The van der Waals surface area contributed by atoms with Crippen molar-refractivity contribution in [2.24, 2.45) is 4.99 Å². The molecule has 0 radical (unpaired) electrons. The summed E-state index contributed by atoms with van der Waals surface area (Å²) in [6, 6.07) is 7.72. The van der Waals surface area contributed by atoms with Gasteiger partial charge in [0, 0.05) is 37.2 Å². The summed E-state index contributed by atoms with van der Waals surface area (Å²) < 4.78 is 5.53. The summed E-state index contributed by atoms with van der Waals surface area (Å²) in [6.45, 7) is 2.76. The molecule has 1 saturated heterocycles. The molecule has 0 aromatic heterocycles. The van der Waals surface area contributed by atoms with Crippen LogP contribution in [0.2, 0.25) is 0 Å². The Morgan fingerprint density at radius 2 is 1.96 bits per heavy atom. The van der Waals surface area contributed by atoms with Crippen LogP contribution in [0.4, 0.5) is 0 Å². The Morgan fingerprint density at radius 1 is 1.21 bits per heavy atom. The van der Waals surface area contributed by atoms with E-state index in [1.165, 1.54) is 32.1 Å². The predicted molar refractivity (Wildman–Crippen MR) is 116 cm³/mol. The standard InChI is InChI=1S/C21H32N4O2S/c1-22-20(25-12-13-28-21(16-25)10-4-3-5-11-21)24-15-19(26)23-14-17-6-8-18(27-2)9-7-17/h6-9H,3-5,10-16H2,1-2H3,(H,22,24)(H,23,26). The first-order valence-corrected chi connectivity index (χ1v) is 11.1. The lowest BCUT2D eigenvalue weighted by Crippen LogP contribution is -2.54. The Balaban J connectivity index is 1.45. The van der Waals surface area contributed by atoms with Crippen LogP contribution >= 0.6 is 11.8 Å². The molecule has 3 rings (SSSR count). The van der Waals surface area contributed by atoms with Crippen molar-refractivity contribution in [2.75, 3.05) is 39.5 Å². The Bertz CT molecular complexity index is 666. The van der Waals surface area contributed by atoms with E-state index in [4.69, 9.17) is 4.74 Å². The van der Waals surface area contributed by atoms with Crippen LogP contribution < -0.4 is 15.4 Å². The lowest BCUT2D eigenvalue weighted by atomic mass is 9.87. The molecule has 1 heterocycles. The quantitative estimate of drug-likeness (QED) is 0.583. The maximum Gasteiger partial charge on any atom is 0.239 e. The molecule has 28 heavy (non-hydrogen) atoms. The second-order valence-electron chi connectivity index (χ2n) is 7.54. The van der Waals surface area contributed by atoms with Gasteiger partial charge in [-0.2, -0.15) is 11.8 Å². The van der Waals surface area contributed by atoms with E-state index in [0.717, 1.165) is 36.1 Å². The number of methoxy groups -OCH3 is 1. The van der Waals surface area contributed by atoms with Gasteiger partial charge in [0.2, 0.25) is 5.91 Å². The lowest BCUT2D eigenvalue weighted by Gasteiger charge is -2.45. The molecule has 154 valence electrons. The zero-order valence-electron chi connectivity index (χ0n) is 17.0. The smallest absolute Gasteiger partial charge is 0.239 e. The minimum Gasteiger partial charge on any atom is -0.497 e. The van der Waals surface area contributed by atoms with Crippen molar-refractivity contribution in [3.8, 4) is 5.75 Å². The number of carbonyl (C=O) groups excluding carboxylic acids is 1. The lowest BCUT2D eigenvalue weighted by molar-refractivity contribution is -0.120. The highest BCUT2D eigenvalue weighted by Crippen LogP contribution is 2.42. The van der Waals surface area contributed by atoms with E-state index >= 15 is 0 Å². The molecule has 1 aliphatic heterocycles. The molecule has 1 aromatic rings. The highest BCUT2D eigenvalue weighted by atomic mass is 32.2. The summed E-state index contributed by atoms with van der Waals surface area (Å²) in [5.41, 5.74) is 1.05. The summed E-state index contributed by atoms with van der Waals surface area (Å²) in [4.78, 5) is 19.0. The molecule has 2 fully saturated rings. The predicted octanol–water partition coefficient (Wildman–Crippen LogP) is 2.64. The van der Waals surface area contributed by atoms with Gasteiger partial charge < -0.3 is 20.3 Å². The highest BCUT2D eigenvalue weighted by Gasteiger charge is 2.38. The molecule has 2 aliphatic rings. The maximum absolute atomic E-state index is 12.3. The maximum atomic E-state index is 12.3. The van der Waals surface area contributed by atoms with Gasteiger partial charge in [0.25, 0.3) is 0 Å². The number of nitrogens with one attached hydrogen (secondary N) is 2. The largest absolute Gasteiger partial charge is 0.497 e. The average Bonchev–Trinajstić information content (AvgIpc) is 2.74. The van der Waals surface area contributed by atoms with E-state index in [1.54, 1.807) is 14.2 Å². The fraction of sp³-hybridized carbons (Fsp3) is 0.619. The molecule has 1 amide bonds. The monoisotopic (exact) mass is 404 g/mol. The van der Waals surface area contributed by atoms with Gasteiger partial charge in [0.1, 0.15) is 5.75 Å². The zero-order valence-corrected chi connectivity index (χ0v) is 17.8. The van der Waals surface area contributed by atoms with Gasteiger partial charge in [0.05, 0.1) is 13.7 Å². The molecule has 0 bridgehead atoms. The van der Waals surface area contributed by atoms with E-state index < -0.39 is 0 Å². The number of benzene rings is 1. The van der Waals surface area contributed by atoms with Crippen LogP contribution in [0.25, 0.3) is 0 Å². The number of guanidine groups is 1. The van der Waals surface area contributed by atoms with Crippen molar-refractivity contribution in [2.45, 2.75) is 43.4 Å². The van der Waals surface area contributed by atoms with Gasteiger partial charge in [0.15, 0.2) is 5.96 Å². The summed E-state index contributed by atoms with van der Waals surface area (Å²) in [5, 5.41) is 6.21. The normalized spacial score (nSPS) is 19.4. The Hall–Kier alpha value is -1.89. The van der Waals surface area contributed by atoms with Crippen molar-refractivity contribution in [1.29, 1.82) is 0 Å². The van der Waals surface area contributed by atoms with Gasteiger partial charge in [-0.25, -0.2) is 0 Å². The molecular weight excluding hydrogens is 372 g/mol. The number of carbonyl (C=O) groups is 1. The molecule has 0 atom stereocenters. The third-order valence-corrected chi connectivity index (χ3v) is 7.12. The molecule has 1 aromatic carbocycles. The van der Waals surface area contributed by atoms with Crippen LogP contribution in [0.15, 0.2) is 29.3 Å². The molecule has 2 N–H and O–H groups in total. The fourth-order valence-electron chi connectivity index (χ4n) is 4.02. The average molecular weight is 405 g/mol. The van der Waals surface area contributed by atoms with Crippen LogP contribution in [-0.2, 0) is 11.3 Å². The van der Waals surface area contributed by atoms with Crippen LogP contribution in [0.3, 0.4) is 0 Å². The Labute approximate surface area is 172 Å². The second-order valence-corrected chi connectivity index (χ2v) is 9.10.